The number of nitrogens with zero attached hydrogens (tertiary/aromatic N) is 6. The molecule has 0 atom stereocenters. The van der Waals surface area contributed by atoms with Gasteiger partial charge >= 0.3 is 12.4 Å². The van der Waals surface area contributed by atoms with Gasteiger partial charge < -0.3 is 4.74 Å². The Balaban J connectivity index is 1.21. The van der Waals surface area contributed by atoms with Gasteiger partial charge in [0.25, 0.3) is 0 Å². The highest BCUT2D eigenvalue weighted by Gasteiger charge is 2.32. The predicted octanol–water partition coefficient (Wildman–Crippen LogP) is 7.13. The van der Waals surface area contributed by atoms with Gasteiger partial charge in [0, 0.05) is 18.2 Å². The number of aromatic nitrogens is 3. The first kappa shape index (κ1) is 30.7. The zero-order chi connectivity index (χ0) is 31.4. The summed E-state index contributed by atoms with van der Waals surface area (Å²) in [5.74, 6) is 0.343. The molecule has 0 N–H and O–H groups in total. The third kappa shape index (κ3) is 7.40. The Morgan fingerprint density at radius 1 is 1.09 bits per heavy atom. The molecule has 3 amide bonds. The number of halogens is 3. The van der Waals surface area contributed by atoms with Crippen LogP contribution in [0, 0.1) is 6.92 Å². The molecule has 1 saturated heterocycles. The summed E-state index contributed by atoms with van der Waals surface area (Å²) >= 11 is 1.21. The molecule has 1 aromatic heterocycles. The molecule has 5 rings (SSSR count). The van der Waals surface area contributed by atoms with Crippen molar-refractivity contribution in [2.45, 2.75) is 39.5 Å². The van der Waals surface area contributed by atoms with Crippen LogP contribution in [0.25, 0.3) is 17.1 Å². The highest BCUT2D eigenvalue weighted by atomic mass is 32.2. The van der Waals surface area contributed by atoms with E-state index >= 15 is 0 Å². The number of benzene rings is 3. The molecule has 0 bridgehead atoms. The third-order valence-electron chi connectivity index (χ3n) is 6.57. The second kappa shape index (κ2) is 12.8. The summed E-state index contributed by atoms with van der Waals surface area (Å²) in [4.78, 5) is 39.2. The maximum atomic E-state index is 12.7. The number of aliphatic imine (C=N–C) groups is 2. The largest absolute Gasteiger partial charge is 0.573 e. The van der Waals surface area contributed by atoms with Gasteiger partial charge in [-0.2, -0.15) is 4.99 Å². The van der Waals surface area contributed by atoms with Crippen molar-refractivity contribution in [1.82, 2.24) is 14.8 Å². The van der Waals surface area contributed by atoms with Crippen molar-refractivity contribution < 1.29 is 27.5 Å². The van der Waals surface area contributed by atoms with Gasteiger partial charge in [0.1, 0.15) is 12.1 Å². The molecular weight excluding hydrogens is 593 g/mol. The zero-order valence-corrected chi connectivity index (χ0v) is 24.8. The molecule has 3 aromatic carbocycles. The van der Waals surface area contributed by atoms with Gasteiger partial charge in [-0.05, 0) is 59.9 Å². The van der Waals surface area contributed by atoms with Crippen LogP contribution in [0.2, 0.25) is 0 Å². The second-order valence-corrected chi connectivity index (χ2v) is 11.1. The molecule has 0 radical (unpaired) electrons. The fourth-order valence-corrected chi connectivity index (χ4v) is 5.32. The Labute approximate surface area is 255 Å². The van der Waals surface area contributed by atoms with E-state index in [0.717, 1.165) is 27.9 Å². The van der Waals surface area contributed by atoms with Crippen LogP contribution in [0.1, 0.15) is 36.5 Å². The van der Waals surface area contributed by atoms with Gasteiger partial charge in [-0.15, -0.1) is 18.3 Å². The number of thioether (sulfide) groups is 1. The summed E-state index contributed by atoms with van der Waals surface area (Å²) in [5, 5.41) is 4.71. The molecule has 0 aliphatic carbocycles. The Morgan fingerprint density at radius 3 is 2.50 bits per heavy atom. The molecule has 0 saturated carbocycles. The van der Waals surface area contributed by atoms with E-state index in [-0.39, 0.29) is 23.3 Å². The lowest BCUT2D eigenvalue weighted by Crippen LogP contribution is -2.31. The number of hydrogen-bond donors (Lipinski definition) is 0. The molecule has 1 aliphatic rings. The normalized spacial score (nSPS) is 14.8. The van der Waals surface area contributed by atoms with Crippen LogP contribution < -0.4 is 9.64 Å². The number of rotatable bonds is 7. The number of carbonyl (C=O) groups is 2. The molecule has 9 nitrogen and oxygen atoms in total. The molecule has 13 heteroatoms. The lowest BCUT2D eigenvalue weighted by atomic mass is 9.99. The summed E-state index contributed by atoms with van der Waals surface area (Å²) in [6, 6.07) is 17.8. The number of alkyl halides is 3. The molecule has 4 aromatic rings. The van der Waals surface area contributed by atoms with E-state index in [2.05, 4.69) is 24.8 Å². The van der Waals surface area contributed by atoms with Crippen LogP contribution in [0.15, 0.2) is 83.0 Å². The minimum absolute atomic E-state index is 0.133. The number of carbonyl (C=O) groups excluding carboxylic acids is 2. The Morgan fingerprint density at radius 2 is 1.82 bits per heavy atom. The fourth-order valence-electron chi connectivity index (χ4n) is 4.47. The van der Waals surface area contributed by atoms with Crippen molar-refractivity contribution in [3.8, 4) is 22.8 Å². The Hall–Kier alpha value is -4.78. The quantitative estimate of drug-likeness (QED) is 0.204. The fraction of sp³-hybridized carbons (Fsp3) is 0.226. The molecular formula is C31H27F3N6O3S. The van der Waals surface area contributed by atoms with E-state index < -0.39 is 12.4 Å². The number of anilines is 1. The molecule has 1 fully saturated rings. The van der Waals surface area contributed by atoms with Crippen LogP contribution in [0.4, 0.5) is 23.7 Å². The van der Waals surface area contributed by atoms with Crippen molar-refractivity contribution in [3.05, 3.63) is 89.7 Å². The van der Waals surface area contributed by atoms with Gasteiger partial charge in [-0.3, -0.25) is 9.69 Å². The molecule has 1 aliphatic heterocycles. The number of ether oxygens (including phenoxy) is 1. The van der Waals surface area contributed by atoms with Crippen molar-refractivity contribution in [2.24, 2.45) is 9.98 Å². The summed E-state index contributed by atoms with van der Waals surface area (Å²) in [5.41, 5.74) is 4.85. The standard InChI is InChI=1S/C31H27F3N6O3S/c1-19(2)25-13-4-20(3)16-26(25)40-27(41)17-44-30(40)37-29(42)35-15-14-21-5-7-22(8-6-21)28-36-18-39(38-28)23-9-11-24(12-10-23)43-31(32,33)34/h4-13,15-16,18-19H,14,17H2,1-3H3. The van der Waals surface area contributed by atoms with E-state index in [4.69, 9.17) is 0 Å². The van der Waals surface area contributed by atoms with Gasteiger partial charge in [0.05, 0.1) is 17.1 Å². The first-order valence-corrected chi connectivity index (χ1v) is 14.5. The van der Waals surface area contributed by atoms with E-state index in [1.807, 2.05) is 63.2 Å². The highest BCUT2D eigenvalue weighted by molar-refractivity contribution is 8.15. The van der Waals surface area contributed by atoms with Crippen molar-refractivity contribution in [3.63, 3.8) is 0 Å². The SMILES string of the molecule is Cc1ccc(C(C)C)c(N2C(=O)CSC2=NC(=O)N=CCc2ccc(-c3ncn(-c4ccc(OC(F)(F)F)cc4)n3)cc2)c1. The maximum absolute atomic E-state index is 12.7. The highest BCUT2D eigenvalue weighted by Crippen LogP contribution is 2.34. The van der Waals surface area contributed by atoms with Crippen LogP contribution in [0.3, 0.4) is 0 Å². The van der Waals surface area contributed by atoms with Crippen molar-refractivity contribution >= 4 is 40.8 Å². The summed E-state index contributed by atoms with van der Waals surface area (Å²) in [6.45, 7) is 6.05. The van der Waals surface area contributed by atoms with Crippen LogP contribution in [-0.4, -0.2) is 50.2 Å². The molecule has 0 spiro atoms. The van der Waals surface area contributed by atoms with Crippen LogP contribution >= 0.6 is 11.8 Å². The van der Waals surface area contributed by atoms with Crippen LogP contribution in [-0.2, 0) is 11.2 Å². The molecule has 226 valence electrons. The predicted molar refractivity (Wildman–Crippen MR) is 164 cm³/mol. The maximum Gasteiger partial charge on any atom is 0.573 e. The summed E-state index contributed by atoms with van der Waals surface area (Å²) in [6.07, 6.45) is -1.46. The minimum Gasteiger partial charge on any atom is -0.406 e. The van der Waals surface area contributed by atoms with E-state index in [9.17, 15) is 22.8 Å². The van der Waals surface area contributed by atoms with Gasteiger partial charge in [-0.25, -0.2) is 19.5 Å². The van der Waals surface area contributed by atoms with Crippen LogP contribution in [0.5, 0.6) is 5.75 Å². The molecule has 0 unspecified atom stereocenters. The van der Waals surface area contributed by atoms with E-state index in [0.29, 0.717) is 23.1 Å². The van der Waals surface area contributed by atoms with Gasteiger partial charge in [-0.1, -0.05) is 62.0 Å². The van der Waals surface area contributed by atoms with Crippen molar-refractivity contribution in [1.29, 1.82) is 0 Å². The third-order valence-corrected chi connectivity index (χ3v) is 7.50. The molecule has 2 heterocycles. The average Bonchev–Trinajstić information content (AvgIpc) is 3.60. The zero-order valence-electron chi connectivity index (χ0n) is 23.9. The average molecular weight is 621 g/mol. The van der Waals surface area contributed by atoms with Gasteiger partial charge in [0.2, 0.25) is 5.91 Å². The summed E-state index contributed by atoms with van der Waals surface area (Å²) in [7, 11) is 0. The lowest BCUT2D eigenvalue weighted by molar-refractivity contribution is -0.274. The monoisotopic (exact) mass is 620 g/mol. The number of amidine groups is 1. The number of urea groups is 1. The Bertz CT molecular complexity index is 1730. The topological polar surface area (TPSA) is 102 Å². The van der Waals surface area contributed by atoms with E-state index in [1.54, 1.807) is 0 Å². The van der Waals surface area contributed by atoms with E-state index in [1.165, 1.54) is 58.2 Å². The van der Waals surface area contributed by atoms with Crippen molar-refractivity contribution in [2.75, 3.05) is 10.7 Å². The first-order chi connectivity index (χ1) is 21.0. The second-order valence-electron chi connectivity index (χ2n) is 10.2. The van der Waals surface area contributed by atoms with Gasteiger partial charge in [0.15, 0.2) is 11.0 Å². The number of hydrogen-bond acceptors (Lipinski definition) is 6. The lowest BCUT2D eigenvalue weighted by Gasteiger charge is -2.22. The number of aryl methyl sites for hydroxylation is 1. The smallest absolute Gasteiger partial charge is 0.406 e. The first-order valence-electron chi connectivity index (χ1n) is 13.6. The minimum atomic E-state index is -4.76. The summed E-state index contributed by atoms with van der Waals surface area (Å²) < 4.78 is 42.5. The Kier molecular flexibility index (Phi) is 8.95. The molecule has 44 heavy (non-hydrogen) atoms. The number of amides is 3.